The number of halogens is 1. The van der Waals surface area contributed by atoms with Gasteiger partial charge in [0, 0.05) is 18.2 Å². The third-order valence-corrected chi connectivity index (χ3v) is 5.37. The van der Waals surface area contributed by atoms with E-state index in [1.165, 1.54) is 31.4 Å². The van der Waals surface area contributed by atoms with Crippen LogP contribution in [0.2, 0.25) is 0 Å². The summed E-state index contributed by atoms with van der Waals surface area (Å²) in [7, 11) is 0. The molecule has 0 unspecified atom stereocenters. The number of likely N-dealkylation sites (tertiary alicyclic amines) is 1. The Balaban J connectivity index is 1.46. The Bertz CT molecular complexity index is 754. The van der Waals surface area contributed by atoms with Gasteiger partial charge < -0.3 is 10.2 Å². The SMILES string of the molecule is O=C(NC1CCCCC1)N1CCC[C@H]1c1nc(-c2ccc(F)cc2)n[nH]1. The van der Waals surface area contributed by atoms with Crippen molar-refractivity contribution in [1.29, 1.82) is 0 Å². The summed E-state index contributed by atoms with van der Waals surface area (Å²) in [5.74, 6) is 0.936. The Morgan fingerprint density at radius 2 is 1.88 bits per heavy atom. The van der Waals surface area contributed by atoms with E-state index in [2.05, 4.69) is 20.5 Å². The smallest absolute Gasteiger partial charge is 0.318 e. The van der Waals surface area contributed by atoms with Crippen LogP contribution in [0, 0.1) is 5.82 Å². The maximum Gasteiger partial charge on any atom is 0.318 e. The summed E-state index contributed by atoms with van der Waals surface area (Å²) in [6.07, 6.45) is 7.62. The second kappa shape index (κ2) is 7.43. The van der Waals surface area contributed by atoms with Gasteiger partial charge in [-0.3, -0.25) is 5.10 Å². The second-order valence-electron chi connectivity index (χ2n) is 7.19. The van der Waals surface area contributed by atoms with E-state index < -0.39 is 0 Å². The van der Waals surface area contributed by atoms with Crippen molar-refractivity contribution >= 4 is 6.03 Å². The van der Waals surface area contributed by atoms with Gasteiger partial charge in [0.25, 0.3) is 0 Å². The summed E-state index contributed by atoms with van der Waals surface area (Å²) >= 11 is 0. The third kappa shape index (κ3) is 3.57. The van der Waals surface area contributed by atoms with E-state index in [0.29, 0.717) is 17.7 Å². The first kappa shape index (κ1) is 17.0. The summed E-state index contributed by atoms with van der Waals surface area (Å²) in [6, 6.07) is 6.31. The largest absolute Gasteiger partial charge is 0.335 e. The normalized spacial score (nSPS) is 21.1. The number of hydrogen-bond donors (Lipinski definition) is 2. The Hall–Kier alpha value is -2.44. The summed E-state index contributed by atoms with van der Waals surface area (Å²) in [5.41, 5.74) is 0.755. The van der Waals surface area contributed by atoms with Crippen LogP contribution in [0.1, 0.15) is 56.8 Å². The third-order valence-electron chi connectivity index (χ3n) is 5.37. The highest BCUT2D eigenvalue weighted by atomic mass is 19.1. The minimum absolute atomic E-state index is 0.000804. The van der Waals surface area contributed by atoms with Crippen molar-refractivity contribution in [1.82, 2.24) is 25.4 Å². The summed E-state index contributed by atoms with van der Waals surface area (Å²) in [6.45, 7) is 0.732. The monoisotopic (exact) mass is 357 g/mol. The van der Waals surface area contributed by atoms with Gasteiger partial charge in [-0.2, -0.15) is 5.10 Å². The molecule has 2 amide bonds. The quantitative estimate of drug-likeness (QED) is 0.878. The van der Waals surface area contributed by atoms with E-state index in [0.717, 1.165) is 37.8 Å². The zero-order valence-corrected chi connectivity index (χ0v) is 14.7. The number of carbonyl (C=O) groups is 1. The number of urea groups is 1. The molecule has 2 aliphatic rings. The van der Waals surface area contributed by atoms with Gasteiger partial charge in [0.1, 0.15) is 11.6 Å². The molecule has 1 saturated carbocycles. The van der Waals surface area contributed by atoms with E-state index >= 15 is 0 Å². The molecule has 7 heteroatoms. The average Bonchev–Trinajstić information content (AvgIpc) is 3.32. The van der Waals surface area contributed by atoms with E-state index in [-0.39, 0.29) is 17.9 Å². The van der Waals surface area contributed by atoms with E-state index in [9.17, 15) is 9.18 Å². The minimum atomic E-state index is -0.286. The Morgan fingerprint density at radius 1 is 1.12 bits per heavy atom. The first-order valence-corrected chi connectivity index (χ1v) is 9.46. The molecule has 1 aliphatic carbocycles. The molecule has 0 bridgehead atoms. The fraction of sp³-hybridized carbons (Fsp3) is 0.526. The molecule has 138 valence electrons. The first-order valence-electron chi connectivity index (χ1n) is 9.46. The standard InChI is InChI=1S/C19H24FN5O/c20-14-10-8-13(9-11-14)17-22-18(24-23-17)16-7-4-12-25(16)19(26)21-15-5-2-1-3-6-15/h8-11,15-16H,1-7,12H2,(H,21,26)(H,22,23,24)/t16-/m0/s1. The predicted molar refractivity (Wildman–Crippen MR) is 95.9 cm³/mol. The lowest BCUT2D eigenvalue weighted by molar-refractivity contribution is 0.183. The van der Waals surface area contributed by atoms with Gasteiger partial charge in [-0.25, -0.2) is 14.2 Å². The minimum Gasteiger partial charge on any atom is -0.335 e. The number of rotatable bonds is 3. The number of benzene rings is 1. The molecule has 1 saturated heterocycles. The van der Waals surface area contributed by atoms with Crippen LogP contribution in [0.5, 0.6) is 0 Å². The van der Waals surface area contributed by atoms with E-state index in [4.69, 9.17) is 0 Å². The van der Waals surface area contributed by atoms with Crippen LogP contribution in [0.15, 0.2) is 24.3 Å². The summed E-state index contributed by atoms with van der Waals surface area (Å²) < 4.78 is 13.1. The molecule has 1 atom stereocenters. The van der Waals surface area contributed by atoms with Crippen LogP contribution in [-0.2, 0) is 0 Å². The lowest BCUT2D eigenvalue weighted by Crippen LogP contribution is -2.45. The van der Waals surface area contributed by atoms with Crippen LogP contribution >= 0.6 is 0 Å². The molecule has 0 radical (unpaired) electrons. The number of hydrogen-bond acceptors (Lipinski definition) is 3. The van der Waals surface area contributed by atoms with Crippen LogP contribution < -0.4 is 5.32 Å². The molecule has 6 nitrogen and oxygen atoms in total. The van der Waals surface area contributed by atoms with Crippen molar-refractivity contribution in [3.8, 4) is 11.4 Å². The Morgan fingerprint density at radius 3 is 2.65 bits per heavy atom. The summed E-state index contributed by atoms with van der Waals surface area (Å²) in [4.78, 5) is 19.1. The molecule has 2 N–H and O–H groups in total. The fourth-order valence-corrected chi connectivity index (χ4v) is 3.95. The molecule has 1 aliphatic heterocycles. The van der Waals surface area contributed by atoms with Gasteiger partial charge in [0.2, 0.25) is 0 Å². The molecular formula is C19H24FN5O. The van der Waals surface area contributed by atoms with E-state index in [1.54, 1.807) is 12.1 Å². The summed E-state index contributed by atoms with van der Waals surface area (Å²) in [5, 5.41) is 10.4. The highest BCUT2D eigenvalue weighted by Crippen LogP contribution is 2.31. The molecular weight excluding hydrogens is 333 g/mol. The molecule has 2 heterocycles. The molecule has 26 heavy (non-hydrogen) atoms. The maximum atomic E-state index is 13.1. The molecule has 0 spiro atoms. The van der Waals surface area contributed by atoms with Crippen LogP contribution in [-0.4, -0.2) is 38.7 Å². The van der Waals surface area contributed by atoms with Gasteiger partial charge in [0.05, 0.1) is 6.04 Å². The Labute approximate surface area is 152 Å². The molecule has 4 rings (SSSR count). The van der Waals surface area contributed by atoms with E-state index in [1.807, 2.05) is 4.90 Å². The molecule has 2 aromatic rings. The van der Waals surface area contributed by atoms with Crippen LogP contribution in [0.25, 0.3) is 11.4 Å². The highest BCUT2D eigenvalue weighted by molar-refractivity contribution is 5.75. The number of H-pyrrole nitrogens is 1. The number of nitrogens with zero attached hydrogens (tertiary/aromatic N) is 3. The Kier molecular flexibility index (Phi) is 4.86. The van der Waals surface area contributed by atoms with Gasteiger partial charge in [0.15, 0.2) is 5.82 Å². The maximum absolute atomic E-state index is 13.1. The molecule has 1 aromatic heterocycles. The van der Waals surface area contributed by atoms with Gasteiger partial charge >= 0.3 is 6.03 Å². The first-order chi connectivity index (χ1) is 12.7. The fourth-order valence-electron chi connectivity index (χ4n) is 3.95. The lowest BCUT2D eigenvalue weighted by atomic mass is 9.96. The van der Waals surface area contributed by atoms with Crippen LogP contribution in [0.4, 0.5) is 9.18 Å². The van der Waals surface area contributed by atoms with Crippen molar-refractivity contribution in [3.63, 3.8) is 0 Å². The van der Waals surface area contributed by atoms with Gasteiger partial charge in [-0.1, -0.05) is 19.3 Å². The van der Waals surface area contributed by atoms with Crippen molar-refractivity contribution in [2.45, 2.75) is 57.0 Å². The highest BCUT2D eigenvalue weighted by Gasteiger charge is 2.33. The van der Waals surface area contributed by atoms with Crippen molar-refractivity contribution in [2.24, 2.45) is 0 Å². The number of carbonyl (C=O) groups excluding carboxylic acids is 1. The number of aromatic amines is 1. The van der Waals surface area contributed by atoms with Crippen molar-refractivity contribution in [3.05, 3.63) is 35.9 Å². The number of amides is 2. The lowest BCUT2D eigenvalue weighted by Gasteiger charge is -2.28. The zero-order valence-electron chi connectivity index (χ0n) is 14.7. The topological polar surface area (TPSA) is 73.9 Å². The molecule has 2 fully saturated rings. The average molecular weight is 357 g/mol. The second-order valence-corrected chi connectivity index (χ2v) is 7.19. The van der Waals surface area contributed by atoms with Crippen molar-refractivity contribution < 1.29 is 9.18 Å². The zero-order chi connectivity index (χ0) is 17.9. The van der Waals surface area contributed by atoms with Crippen molar-refractivity contribution in [2.75, 3.05) is 6.54 Å². The predicted octanol–water partition coefficient (Wildman–Crippen LogP) is 3.79. The van der Waals surface area contributed by atoms with Crippen LogP contribution in [0.3, 0.4) is 0 Å². The van der Waals surface area contributed by atoms with Gasteiger partial charge in [-0.15, -0.1) is 0 Å². The number of aromatic nitrogens is 3. The molecule has 1 aromatic carbocycles. The van der Waals surface area contributed by atoms with Gasteiger partial charge in [-0.05, 0) is 49.9 Å². The number of nitrogens with one attached hydrogen (secondary N) is 2.